The molecular formula is C24H20N2O3S. The van der Waals surface area contributed by atoms with Crippen LogP contribution in [0.25, 0.3) is 11.3 Å². The van der Waals surface area contributed by atoms with E-state index in [2.05, 4.69) is 10.3 Å². The van der Waals surface area contributed by atoms with E-state index in [1.54, 1.807) is 18.2 Å². The van der Waals surface area contributed by atoms with Crippen molar-refractivity contribution in [3.63, 3.8) is 0 Å². The van der Waals surface area contributed by atoms with Crippen LogP contribution in [0.4, 0.5) is 5.13 Å². The normalized spacial score (nSPS) is 10.4. The third-order valence-electron chi connectivity index (χ3n) is 4.26. The number of hydrogen-bond acceptors (Lipinski definition) is 5. The summed E-state index contributed by atoms with van der Waals surface area (Å²) in [6.45, 7) is 2.58. The Bertz CT molecular complexity index is 1120. The topological polar surface area (TPSA) is 60.5 Å². The lowest BCUT2D eigenvalue weighted by Crippen LogP contribution is -2.11. The fourth-order valence-corrected chi connectivity index (χ4v) is 3.56. The summed E-state index contributed by atoms with van der Waals surface area (Å²) in [5.41, 5.74) is 2.27. The molecule has 0 spiro atoms. The minimum absolute atomic E-state index is 0.235. The average Bonchev–Trinajstić information content (AvgIpc) is 3.24. The van der Waals surface area contributed by atoms with E-state index in [0.29, 0.717) is 23.1 Å². The van der Waals surface area contributed by atoms with Crippen molar-refractivity contribution in [3.05, 3.63) is 89.8 Å². The van der Waals surface area contributed by atoms with Crippen molar-refractivity contribution in [2.75, 3.05) is 11.9 Å². The molecule has 1 N–H and O–H groups in total. The lowest BCUT2D eigenvalue weighted by atomic mass is 10.2. The molecule has 4 aromatic rings. The van der Waals surface area contributed by atoms with Gasteiger partial charge in [-0.15, -0.1) is 11.3 Å². The van der Waals surface area contributed by atoms with Gasteiger partial charge in [0.1, 0.15) is 17.2 Å². The predicted molar refractivity (Wildman–Crippen MR) is 120 cm³/mol. The molecule has 0 aliphatic rings. The van der Waals surface area contributed by atoms with E-state index in [9.17, 15) is 4.79 Å². The molecular weight excluding hydrogens is 396 g/mol. The Labute approximate surface area is 178 Å². The molecule has 4 rings (SSSR count). The van der Waals surface area contributed by atoms with Gasteiger partial charge < -0.3 is 9.47 Å². The first kappa shape index (κ1) is 19.7. The molecule has 1 amide bonds. The molecule has 1 aromatic heterocycles. The molecule has 6 heteroatoms. The van der Waals surface area contributed by atoms with Gasteiger partial charge in [0.25, 0.3) is 5.91 Å². The van der Waals surface area contributed by atoms with Gasteiger partial charge in [-0.25, -0.2) is 4.98 Å². The van der Waals surface area contributed by atoms with Crippen molar-refractivity contribution in [1.29, 1.82) is 0 Å². The molecule has 0 aliphatic heterocycles. The number of aromatic nitrogens is 1. The standard InChI is InChI=1S/C24H20N2O3S/c1-2-28-19-13-11-17(12-14-19)22-16-30-24(25-22)26-23(27)18-7-6-10-21(15-18)29-20-8-4-3-5-9-20/h3-16H,2H2,1H3,(H,25,26,27). The SMILES string of the molecule is CCOc1ccc(-c2csc(NC(=O)c3cccc(Oc4ccccc4)c3)n2)cc1. The predicted octanol–water partition coefficient (Wildman–Crippen LogP) is 6.25. The van der Waals surface area contributed by atoms with E-state index >= 15 is 0 Å². The zero-order chi connectivity index (χ0) is 20.8. The van der Waals surface area contributed by atoms with E-state index in [1.807, 2.05) is 73.0 Å². The minimum Gasteiger partial charge on any atom is -0.494 e. The fourth-order valence-electron chi connectivity index (χ4n) is 2.85. The number of hydrogen-bond donors (Lipinski definition) is 1. The highest BCUT2D eigenvalue weighted by molar-refractivity contribution is 7.14. The van der Waals surface area contributed by atoms with Crippen LogP contribution in [-0.4, -0.2) is 17.5 Å². The van der Waals surface area contributed by atoms with Gasteiger partial charge in [0, 0.05) is 16.5 Å². The third-order valence-corrected chi connectivity index (χ3v) is 5.02. The number of nitrogens with zero attached hydrogens (tertiary/aromatic N) is 1. The number of rotatable bonds is 7. The van der Waals surface area contributed by atoms with Crippen molar-refractivity contribution in [1.82, 2.24) is 4.98 Å². The van der Waals surface area contributed by atoms with Gasteiger partial charge in [0.2, 0.25) is 0 Å². The number of amides is 1. The summed E-state index contributed by atoms with van der Waals surface area (Å²) in [6.07, 6.45) is 0. The molecule has 30 heavy (non-hydrogen) atoms. The van der Waals surface area contributed by atoms with Crippen molar-refractivity contribution in [2.24, 2.45) is 0 Å². The summed E-state index contributed by atoms with van der Waals surface area (Å²) in [6, 6.07) is 24.2. The summed E-state index contributed by atoms with van der Waals surface area (Å²) in [7, 11) is 0. The first-order valence-corrected chi connectivity index (χ1v) is 10.4. The molecule has 1 heterocycles. The molecule has 5 nitrogen and oxygen atoms in total. The molecule has 150 valence electrons. The monoisotopic (exact) mass is 416 g/mol. The quantitative estimate of drug-likeness (QED) is 0.387. The first-order valence-electron chi connectivity index (χ1n) is 9.54. The largest absolute Gasteiger partial charge is 0.494 e. The summed E-state index contributed by atoms with van der Waals surface area (Å²) < 4.78 is 11.3. The summed E-state index contributed by atoms with van der Waals surface area (Å²) in [4.78, 5) is 17.2. The Kier molecular flexibility index (Phi) is 6.06. The van der Waals surface area contributed by atoms with Gasteiger partial charge in [0.05, 0.1) is 12.3 Å². The number of nitrogens with one attached hydrogen (secondary N) is 1. The highest BCUT2D eigenvalue weighted by Gasteiger charge is 2.11. The summed E-state index contributed by atoms with van der Waals surface area (Å²) >= 11 is 1.38. The Hall–Kier alpha value is -3.64. The second-order valence-corrected chi connectivity index (χ2v) is 7.25. The fraction of sp³-hybridized carbons (Fsp3) is 0.0833. The van der Waals surface area contributed by atoms with Crippen molar-refractivity contribution >= 4 is 22.4 Å². The Morgan fingerprint density at radius 2 is 1.70 bits per heavy atom. The molecule has 0 radical (unpaired) electrons. The van der Waals surface area contributed by atoms with Crippen LogP contribution in [0.2, 0.25) is 0 Å². The van der Waals surface area contributed by atoms with E-state index in [4.69, 9.17) is 9.47 Å². The molecule has 0 atom stereocenters. The minimum atomic E-state index is -0.235. The number of carbonyl (C=O) groups is 1. The summed E-state index contributed by atoms with van der Waals surface area (Å²) in [5.74, 6) is 1.90. The number of anilines is 1. The van der Waals surface area contributed by atoms with Gasteiger partial charge in [-0.3, -0.25) is 10.1 Å². The third kappa shape index (κ3) is 4.85. The van der Waals surface area contributed by atoms with Gasteiger partial charge in [-0.05, 0) is 61.5 Å². The molecule has 3 aromatic carbocycles. The van der Waals surface area contributed by atoms with Crippen LogP contribution in [0.1, 0.15) is 17.3 Å². The molecule has 0 bridgehead atoms. The van der Waals surface area contributed by atoms with Crippen molar-refractivity contribution < 1.29 is 14.3 Å². The molecule has 0 unspecified atom stereocenters. The number of thiazole rings is 1. The van der Waals surface area contributed by atoms with E-state index in [0.717, 1.165) is 22.8 Å². The highest BCUT2D eigenvalue weighted by Crippen LogP contribution is 2.27. The number of benzene rings is 3. The van der Waals surface area contributed by atoms with Crippen LogP contribution in [-0.2, 0) is 0 Å². The number of para-hydroxylation sites is 1. The van der Waals surface area contributed by atoms with Crippen molar-refractivity contribution in [3.8, 4) is 28.5 Å². The average molecular weight is 417 g/mol. The molecule has 0 aliphatic carbocycles. The molecule has 0 saturated heterocycles. The Morgan fingerprint density at radius 3 is 2.47 bits per heavy atom. The molecule has 0 saturated carbocycles. The second kappa shape index (κ2) is 9.24. The van der Waals surface area contributed by atoms with Crippen LogP contribution < -0.4 is 14.8 Å². The van der Waals surface area contributed by atoms with Crippen molar-refractivity contribution in [2.45, 2.75) is 6.92 Å². The number of carbonyl (C=O) groups excluding carboxylic acids is 1. The Morgan fingerprint density at radius 1 is 0.933 bits per heavy atom. The summed E-state index contributed by atoms with van der Waals surface area (Å²) in [5, 5.41) is 5.32. The van der Waals surface area contributed by atoms with Crippen LogP contribution >= 0.6 is 11.3 Å². The lowest BCUT2D eigenvalue weighted by Gasteiger charge is -2.07. The van der Waals surface area contributed by atoms with E-state index in [-0.39, 0.29) is 5.91 Å². The maximum Gasteiger partial charge on any atom is 0.257 e. The molecule has 0 fully saturated rings. The van der Waals surface area contributed by atoms with Gasteiger partial charge in [-0.2, -0.15) is 0 Å². The maximum atomic E-state index is 12.7. The van der Waals surface area contributed by atoms with E-state index < -0.39 is 0 Å². The second-order valence-electron chi connectivity index (χ2n) is 6.39. The smallest absolute Gasteiger partial charge is 0.257 e. The van der Waals surface area contributed by atoms with Gasteiger partial charge >= 0.3 is 0 Å². The number of ether oxygens (including phenoxy) is 2. The van der Waals surface area contributed by atoms with Crippen LogP contribution in [0.5, 0.6) is 17.2 Å². The first-order chi connectivity index (χ1) is 14.7. The maximum absolute atomic E-state index is 12.7. The van der Waals surface area contributed by atoms with E-state index in [1.165, 1.54) is 11.3 Å². The van der Waals surface area contributed by atoms with Crippen LogP contribution in [0, 0.1) is 0 Å². The zero-order valence-corrected chi connectivity index (χ0v) is 17.2. The van der Waals surface area contributed by atoms with Gasteiger partial charge in [0.15, 0.2) is 5.13 Å². The zero-order valence-electron chi connectivity index (χ0n) is 16.4. The van der Waals surface area contributed by atoms with Crippen LogP contribution in [0.3, 0.4) is 0 Å². The lowest BCUT2D eigenvalue weighted by molar-refractivity contribution is 0.102. The highest BCUT2D eigenvalue weighted by atomic mass is 32.1. The van der Waals surface area contributed by atoms with Crippen LogP contribution in [0.15, 0.2) is 84.2 Å². The Balaban J connectivity index is 1.44. The van der Waals surface area contributed by atoms with Gasteiger partial charge in [-0.1, -0.05) is 24.3 Å².